The number of nitrogens with one attached hydrogen (secondary N) is 2. The van der Waals surface area contributed by atoms with Crippen molar-refractivity contribution in [2.45, 2.75) is 6.54 Å². The standard InChI is InChI=1S/C12H11ClFN3OS/c1-15-12-17-6-10(19-12)11(18)16-5-7-2-3-9(14)8(13)4-7/h2-4,6H,5H2,1H3,(H,15,17)(H,16,18). The Balaban J connectivity index is 1.98. The van der Waals surface area contributed by atoms with Crippen molar-refractivity contribution < 1.29 is 9.18 Å². The lowest BCUT2D eigenvalue weighted by Gasteiger charge is -2.04. The summed E-state index contributed by atoms with van der Waals surface area (Å²) in [6.45, 7) is 0.283. The Bertz CT molecular complexity index is 602. The van der Waals surface area contributed by atoms with Crippen LogP contribution in [0.2, 0.25) is 5.02 Å². The molecule has 0 saturated carbocycles. The number of carbonyl (C=O) groups excluding carboxylic acids is 1. The van der Waals surface area contributed by atoms with Crippen LogP contribution in [0.15, 0.2) is 24.4 Å². The maximum absolute atomic E-state index is 13.0. The van der Waals surface area contributed by atoms with Crippen molar-refractivity contribution in [2.24, 2.45) is 0 Å². The molecular formula is C12H11ClFN3OS. The van der Waals surface area contributed by atoms with Crippen molar-refractivity contribution in [1.29, 1.82) is 0 Å². The second-order valence-electron chi connectivity index (χ2n) is 3.71. The van der Waals surface area contributed by atoms with Gasteiger partial charge in [0, 0.05) is 13.6 Å². The molecule has 0 atom stereocenters. The highest BCUT2D eigenvalue weighted by molar-refractivity contribution is 7.17. The Hall–Kier alpha value is -1.66. The molecule has 1 amide bonds. The molecule has 0 aliphatic rings. The normalized spacial score (nSPS) is 10.3. The lowest BCUT2D eigenvalue weighted by atomic mass is 10.2. The lowest BCUT2D eigenvalue weighted by Crippen LogP contribution is -2.21. The van der Waals surface area contributed by atoms with E-state index in [-0.39, 0.29) is 17.5 Å². The van der Waals surface area contributed by atoms with Crippen LogP contribution in [0.1, 0.15) is 15.2 Å². The Kier molecular flexibility index (Phi) is 4.34. The van der Waals surface area contributed by atoms with Gasteiger partial charge in [-0.2, -0.15) is 0 Å². The molecule has 2 aromatic rings. The summed E-state index contributed by atoms with van der Waals surface area (Å²) in [6, 6.07) is 4.34. The molecule has 7 heteroatoms. The quantitative estimate of drug-likeness (QED) is 0.913. The Morgan fingerprint density at radius 2 is 2.32 bits per heavy atom. The number of rotatable bonds is 4. The van der Waals surface area contributed by atoms with Crippen LogP contribution in [0.5, 0.6) is 0 Å². The van der Waals surface area contributed by atoms with Crippen LogP contribution >= 0.6 is 22.9 Å². The molecule has 4 nitrogen and oxygen atoms in total. The summed E-state index contributed by atoms with van der Waals surface area (Å²) >= 11 is 6.93. The molecule has 0 unspecified atom stereocenters. The number of hydrogen-bond acceptors (Lipinski definition) is 4. The first kappa shape index (κ1) is 13.8. The first-order valence-corrected chi connectivity index (χ1v) is 6.65. The van der Waals surface area contributed by atoms with Crippen LogP contribution in [0.4, 0.5) is 9.52 Å². The highest BCUT2D eigenvalue weighted by Gasteiger charge is 2.10. The fourth-order valence-corrected chi connectivity index (χ4v) is 2.30. The predicted octanol–water partition coefficient (Wildman–Crippen LogP) is 2.91. The highest BCUT2D eigenvalue weighted by atomic mass is 35.5. The summed E-state index contributed by atoms with van der Waals surface area (Å²) in [5.41, 5.74) is 0.734. The van der Waals surface area contributed by atoms with E-state index in [4.69, 9.17) is 11.6 Å². The van der Waals surface area contributed by atoms with Crippen LogP contribution in [-0.2, 0) is 6.54 Å². The lowest BCUT2D eigenvalue weighted by molar-refractivity contribution is 0.0955. The number of thiazole rings is 1. The zero-order valence-corrected chi connectivity index (χ0v) is 11.6. The fraction of sp³-hybridized carbons (Fsp3) is 0.167. The van der Waals surface area contributed by atoms with E-state index in [2.05, 4.69) is 15.6 Å². The molecule has 0 radical (unpaired) electrons. The van der Waals surface area contributed by atoms with Gasteiger partial charge in [0.05, 0.1) is 11.2 Å². The van der Waals surface area contributed by atoms with E-state index in [0.29, 0.717) is 10.0 Å². The zero-order valence-electron chi connectivity index (χ0n) is 10.0. The van der Waals surface area contributed by atoms with Crippen molar-refractivity contribution in [3.05, 3.63) is 45.7 Å². The maximum Gasteiger partial charge on any atom is 0.263 e. The topological polar surface area (TPSA) is 54.0 Å². The van der Waals surface area contributed by atoms with E-state index in [1.807, 2.05) is 0 Å². The van der Waals surface area contributed by atoms with E-state index in [0.717, 1.165) is 5.56 Å². The molecule has 19 heavy (non-hydrogen) atoms. The maximum atomic E-state index is 13.0. The predicted molar refractivity (Wildman–Crippen MR) is 74.2 cm³/mol. The zero-order chi connectivity index (χ0) is 13.8. The van der Waals surface area contributed by atoms with Gasteiger partial charge in [-0.15, -0.1) is 0 Å². The van der Waals surface area contributed by atoms with Gasteiger partial charge in [0.15, 0.2) is 5.13 Å². The van der Waals surface area contributed by atoms with Gasteiger partial charge in [0.25, 0.3) is 5.91 Å². The summed E-state index contributed by atoms with van der Waals surface area (Å²) in [5.74, 6) is -0.697. The minimum Gasteiger partial charge on any atom is -0.365 e. The Labute approximate surface area is 118 Å². The first-order valence-electron chi connectivity index (χ1n) is 5.46. The number of aromatic nitrogens is 1. The second-order valence-corrected chi connectivity index (χ2v) is 5.15. The first-order chi connectivity index (χ1) is 9.10. The molecule has 0 fully saturated rings. The van der Waals surface area contributed by atoms with Crippen molar-refractivity contribution in [1.82, 2.24) is 10.3 Å². The van der Waals surface area contributed by atoms with Crippen LogP contribution in [-0.4, -0.2) is 17.9 Å². The molecule has 0 aliphatic heterocycles. The summed E-state index contributed by atoms with van der Waals surface area (Å²) < 4.78 is 13.0. The van der Waals surface area contributed by atoms with Crippen LogP contribution in [0, 0.1) is 5.82 Å². The smallest absolute Gasteiger partial charge is 0.263 e. The van der Waals surface area contributed by atoms with E-state index >= 15 is 0 Å². The van der Waals surface area contributed by atoms with Gasteiger partial charge in [-0.1, -0.05) is 29.0 Å². The van der Waals surface area contributed by atoms with Crippen molar-refractivity contribution >= 4 is 34.0 Å². The molecule has 0 spiro atoms. The Morgan fingerprint density at radius 1 is 1.53 bits per heavy atom. The van der Waals surface area contributed by atoms with Gasteiger partial charge < -0.3 is 10.6 Å². The fourth-order valence-electron chi connectivity index (χ4n) is 1.41. The molecule has 2 rings (SSSR count). The van der Waals surface area contributed by atoms with E-state index in [9.17, 15) is 9.18 Å². The minimum absolute atomic E-state index is 0.0435. The average molecular weight is 300 g/mol. The van der Waals surface area contributed by atoms with Gasteiger partial charge in [-0.25, -0.2) is 9.37 Å². The third-order valence-electron chi connectivity index (χ3n) is 2.38. The van der Waals surface area contributed by atoms with E-state index in [1.54, 1.807) is 13.1 Å². The minimum atomic E-state index is -0.474. The number of benzene rings is 1. The summed E-state index contributed by atoms with van der Waals surface area (Å²) in [7, 11) is 1.74. The van der Waals surface area contributed by atoms with Crippen molar-refractivity contribution in [3.63, 3.8) is 0 Å². The molecular weight excluding hydrogens is 289 g/mol. The van der Waals surface area contributed by atoms with Crippen LogP contribution < -0.4 is 10.6 Å². The van der Waals surface area contributed by atoms with Gasteiger partial charge in [-0.3, -0.25) is 4.79 Å². The number of amides is 1. The van der Waals surface area contributed by atoms with Crippen molar-refractivity contribution in [2.75, 3.05) is 12.4 Å². The number of halogens is 2. The van der Waals surface area contributed by atoms with Crippen LogP contribution in [0.25, 0.3) is 0 Å². The number of nitrogens with zero attached hydrogens (tertiary/aromatic N) is 1. The van der Waals surface area contributed by atoms with E-state index in [1.165, 1.54) is 29.7 Å². The molecule has 0 bridgehead atoms. The third-order valence-corrected chi connectivity index (χ3v) is 3.68. The third kappa shape index (κ3) is 3.42. The highest BCUT2D eigenvalue weighted by Crippen LogP contribution is 2.18. The molecule has 1 heterocycles. The average Bonchev–Trinajstić information content (AvgIpc) is 2.88. The van der Waals surface area contributed by atoms with Crippen LogP contribution in [0.3, 0.4) is 0 Å². The largest absolute Gasteiger partial charge is 0.365 e. The molecule has 0 saturated heterocycles. The molecule has 1 aromatic carbocycles. The monoisotopic (exact) mass is 299 g/mol. The SMILES string of the molecule is CNc1ncc(C(=O)NCc2ccc(F)c(Cl)c2)s1. The summed E-state index contributed by atoms with van der Waals surface area (Å²) in [6.07, 6.45) is 1.50. The molecule has 0 aliphatic carbocycles. The van der Waals surface area contributed by atoms with Crippen molar-refractivity contribution in [3.8, 4) is 0 Å². The van der Waals surface area contributed by atoms with Gasteiger partial charge in [0.2, 0.25) is 0 Å². The summed E-state index contributed by atoms with van der Waals surface area (Å²) in [4.78, 5) is 16.3. The summed E-state index contributed by atoms with van der Waals surface area (Å²) in [5, 5.41) is 6.30. The molecule has 100 valence electrons. The molecule has 1 aromatic heterocycles. The number of hydrogen-bond donors (Lipinski definition) is 2. The Morgan fingerprint density at radius 3 is 2.95 bits per heavy atom. The van der Waals surface area contributed by atoms with Gasteiger partial charge in [0.1, 0.15) is 10.7 Å². The van der Waals surface area contributed by atoms with Gasteiger partial charge in [-0.05, 0) is 17.7 Å². The molecule has 2 N–H and O–H groups in total. The second kappa shape index (κ2) is 5.99. The number of carbonyl (C=O) groups is 1. The van der Waals surface area contributed by atoms with Gasteiger partial charge >= 0.3 is 0 Å². The van der Waals surface area contributed by atoms with E-state index < -0.39 is 5.82 Å². The number of anilines is 1.